The maximum absolute atomic E-state index is 13.4. The molecule has 0 unspecified atom stereocenters. The van der Waals surface area contributed by atoms with E-state index in [9.17, 15) is 18.0 Å². The molecule has 3 aromatic carbocycles. The molecule has 0 aromatic heterocycles. The third kappa shape index (κ3) is 8.54. The third-order valence-corrected chi connectivity index (χ3v) is 8.09. The minimum absolute atomic E-state index is 0.150. The Kier molecular flexibility index (Phi) is 10.9. The van der Waals surface area contributed by atoms with Gasteiger partial charge in [-0.1, -0.05) is 61.0 Å². The van der Waals surface area contributed by atoms with Crippen LogP contribution < -0.4 is 14.8 Å². The van der Waals surface area contributed by atoms with Gasteiger partial charge in [-0.3, -0.25) is 9.59 Å². The molecular formula is C29H34ClN3O5S. The molecule has 0 heterocycles. The molecule has 39 heavy (non-hydrogen) atoms. The van der Waals surface area contributed by atoms with Crippen molar-refractivity contribution in [2.75, 3.05) is 13.7 Å². The summed E-state index contributed by atoms with van der Waals surface area (Å²) >= 11 is 6.03. The van der Waals surface area contributed by atoms with Crippen molar-refractivity contribution in [2.45, 2.75) is 50.7 Å². The van der Waals surface area contributed by atoms with Gasteiger partial charge in [0, 0.05) is 36.6 Å². The largest absolute Gasteiger partial charge is 0.496 e. The van der Waals surface area contributed by atoms with Crippen LogP contribution in [0.2, 0.25) is 5.02 Å². The molecule has 0 bridgehead atoms. The van der Waals surface area contributed by atoms with E-state index < -0.39 is 16.1 Å². The fraction of sp³-hybridized carbons (Fsp3) is 0.310. The number of halogens is 1. The van der Waals surface area contributed by atoms with Crippen LogP contribution >= 0.6 is 11.6 Å². The van der Waals surface area contributed by atoms with Crippen LogP contribution in [0.5, 0.6) is 5.75 Å². The minimum atomic E-state index is -3.55. The highest BCUT2D eigenvalue weighted by Gasteiger charge is 2.26. The van der Waals surface area contributed by atoms with Crippen LogP contribution in [0.4, 0.5) is 0 Å². The molecule has 0 fully saturated rings. The zero-order chi connectivity index (χ0) is 28.4. The molecule has 0 spiro atoms. The van der Waals surface area contributed by atoms with Crippen LogP contribution in [-0.2, 0) is 39.1 Å². The van der Waals surface area contributed by atoms with Crippen molar-refractivity contribution < 1.29 is 22.7 Å². The van der Waals surface area contributed by atoms with Crippen molar-refractivity contribution in [1.82, 2.24) is 14.9 Å². The van der Waals surface area contributed by atoms with Gasteiger partial charge in [-0.05, 0) is 54.8 Å². The van der Waals surface area contributed by atoms with Gasteiger partial charge in [-0.25, -0.2) is 13.1 Å². The van der Waals surface area contributed by atoms with Gasteiger partial charge in [0.25, 0.3) is 0 Å². The van der Waals surface area contributed by atoms with Gasteiger partial charge in [0.2, 0.25) is 21.8 Å². The zero-order valence-electron chi connectivity index (χ0n) is 22.3. The summed E-state index contributed by atoms with van der Waals surface area (Å²) in [4.78, 5) is 28.3. The van der Waals surface area contributed by atoms with Gasteiger partial charge in [0.15, 0.2) is 0 Å². The Hall–Kier alpha value is -3.40. The molecule has 0 saturated heterocycles. The monoisotopic (exact) mass is 571 g/mol. The summed E-state index contributed by atoms with van der Waals surface area (Å²) in [5, 5.41) is 3.49. The van der Waals surface area contributed by atoms with E-state index in [1.165, 1.54) is 12.1 Å². The van der Waals surface area contributed by atoms with E-state index in [2.05, 4.69) is 10.0 Å². The van der Waals surface area contributed by atoms with Crippen molar-refractivity contribution in [1.29, 1.82) is 0 Å². The summed E-state index contributed by atoms with van der Waals surface area (Å²) in [6, 6.07) is 20.3. The first-order valence-electron chi connectivity index (χ1n) is 12.7. The predicted molar refractivity (Wildman–Crippen MR) is 152 cm³/mol. The Morgan fingerprint density at radius 1 is 0.974 bits per heavy atom. The molecule has 0 aliphatic heterocycles. The number of methoxy groups -OCH3 is 1. The summed E-state index contributed by atoms with van der Waals surface area (Å²) in [5.74, 6) is 0.180. The molecule has 2 amide bonds. The van der Waals surface area contributed by atoms with Crippen molar-refractivity contribution in [2.24, 2.45) is 0 Å². The molecule has 2 N–H and O–H groups in total. The number of carbonyl (C=O) groups excluding carboxylic acids is 2. The molecule has 10 heteroatoms. The highest BCUT2D eigenvalue weighted by atomic mass is 35.5. The second-order valence-electron chi connectivity index (χ2n) is 9.00. The number of hydrogen-bond donors (Lipinski definition) is 2. The highest BCUT2D eigenvalue weighted by molar-refractivity contribution is 7.89. The number of sulfonamides is 1. The molecule has 3 rings (SSSR count). The smallest absolute Gasteiger partial charge is 0.242 e. The van der Waals surface area contributed by atoms with Crippen LogP contribution in [0, 0.1) is 0 Å². The van der Waals surface area contributed by atoms with Crippen LogP contribution in [-0.4, -0.2) is 44.8 Å². The molecule has 0 radical (unpaired) electrons. The van der Waals surface area contributed by atoms with Crippen LogP contribution in [0.15, 0.2) is 77.7 Å². The van der Waals surface area contributed by atoms with Crippen molar-refractivity contribution >= 4 is 33.4 Å². The van der Waals surface area contributed by atoms with E-state index in [1.54, 1.807) is 50.1 Å². The normalized spacial score (nSPS) is 12.0. The first kappa shape index (κ1) is 30.1. The summed E-state index contributed by atoms with van der Waals surface area (Å²) in [6.07, 6.45) is 0.546. The number of nitrogens with one attached hydrogen (secondary N) is 2. The maximum Gasteiger partial charge on any atom is 0.242 e. The fourth-order valence-electron chi connectivity index (χ4n) is 4.05. The number of nitrogens with zero attached hydrogens (tertiary/aromatic N) is 1. The third-order valence-electron chi connectivity index (χ3n) is 6.27. The highest BCUT2D eigenvalue weighted by Crippen LogP contribution is 2.19. The first-order valence-corrected chi connectivity index (χ1v) is 14.5. The summed E-state index contributed by atoms with van der Waals surface area (Å²) < 4.78 is 32.2. The molecule has 1 atom stereocenters. The Bertz CT molecular complexity index is 1360. The molecule has 0 aliphatic carbocycles. The number of ether oxygens (including phenoxy) is 1. The summed E-state index contributed by atoms with van der Waals surface area (Å²) in [5.41, 5.74) is 2.49. The Morgan fingerprint density at radius 3 is 2.26 bits per heavy atom. The SMILES string of the molecule is CCNS(=O)(=O)c1ccc(CCC(=O)N(Cc2ccc(Cl)cc2)[C@H](C)C(=O)NCc2ccccc2OC)cc1. The number of rotatable bonds is 13. The Morgan fingerprint density at radius 2 is 1.62 bits per heavy atom. The van der Waals surface area contributed by atoms with Gasteiger partial charge >= 0.3 is 0 Å². The number of carbonyl (C=O) groups is 2. The van der Waals surface area contributed by atoms with E-state index >= 15 is 0 Å². The van der Waals surface area contributed by atoms with Crippen LogP contribution in [0.1, 0.15) is 37.0 Å². The Labute approximate surface area is 235 Å². The molecule has 208 valence electrons. The number of para-hydroxylation sites is 1. The molecule has 0 aliphatic rings. The number of aryl methyl sites for hydroxylation is 1. The number of benzene rings is 3. The van der Waals surface area contributed by atoms with Gasteiger partial charge < -0.3 is 15.0 Å². The van der Waals surface area contributed by atoms with Gasteiger partial charge in [0.1, 0.15) is 11.8 Å². The molecular weight excluding hydrogens is 538 g/mol. The van der Waals surface area contributed by atoms with Gasteiger partial charge in [0.05, 0.1) is 12.0 Å². The van der Waals surface area contributed by atoms with E-state index in [1.807, 2.05) is 36.4 Å². The lowest BCUT2D eigenvalue weighted by atomic mass is 10.1. The van der Waals surface area contributed by atoms with E-state index in [0.717, 1.165) is 16.7 Å². The first-order chi connectivity index (χ1) is 18.6. The molecule has 0 saturated carbocycles. The topological polar surface area (TPSA) is 105 Å². The summed E-state index contributed by atoms with van der Waals surface area (Å²) in [7, 11) is -1.97. The van der Waals surface area contributed by atoms with E-state index in [4.69, 9.17) is 16.3 Å². The zero-order valence-corrected chi connectivity index (χ0v) is 23.9. The molecule has 8 nitrogen and oxygen atoms in total. The van der Waals surface area contributed by atoms with Gasteiger partial charge in [-0.2, -0.15) is 0 Å². The average Bonchev–Trinajstić information content (AvgIpc) is 2.94. The number of hydrogen-bond acceptors (Lipinski definition) is 5. The average molecular weight is 572 g/mol. The van der Waals surface area contributed by atoms with Crippen molar-refractivity contribution in [3.8, 4) is 5.75 Å². The van der Waals surface area contributed by atoms with Crippen LogP contribution in [0.3, 0.4) is 0 Å². The predicted octanol–water partition coefficient (Wildman–Crippen LogP) is 4.31. The Balaban J connectivity index is 1.71. The van der Waals surface area contributed by atoms with E-state index in [-0.39, 0.29) is 36.2 Å². The van der Waals surface area contributed by atoms with Crippen LogP contribution in [0.25, 0.3) is 0 Å². The lowest BCUT2D eigenvalue weighted by molar-refractivity contribution is -0.140. The number of amides is 2. The second-order valence-corrected chi connectivity index (χ2v) is 11.2. The lowest BCUT2D eigenvalue weighted by Gasteiger charge is -2.29. The van der Waals surface area contributed by atoms with E-state index in [0.29, 0.717) is 23.7 Å². The lowest BCUT2D eigenvalue weighted by Crippen LogP contribution is -2.47. The van der Waals surface area contributed by atoms with Crippen molar-refractivity contribution in [3.05, 3.63) is 94.5 Å². The standard InChI is InChI=1S/C29H34ClN3O5S/c1-4-32-39(36,37)26-16-11-22(12-17-26)13-18-28(34)33(20-23-9-14-25(30)15-10-23)21(2)29(35)31-19-24-7-5-6-8-27(24)38-3/h5-12,14-17,21,32H,4,13,18-20H2,1-3H3,(H,31,35)/t21-/m1/s1. The maximum atomic E-state index is 13.4. The van der Waals surface area contributed by atoms with Crippen molar-refractivity contribution in [3.63, 3.8) is 0 Å². The molecule has 3 aromatic rings. The quantitative estimate of drug-likeness (QED) is 0.318. The van der Waals surface area contributed by atoms with Gasteiger partial charge in [-0.15, -0.1) is 0 Å². The second kappa shape index (κ2) is 14.1. The fourth-order valence-corrected chi connectivity index (χ4v) is 5.22. The minimum Gasteiger partial charge on any atom is -0.496 e. The summed E-state index contributed by atoms with van der Waals surface area (Å²) in [6.45, 7) is 4.21.